The molecule has 0 fully saturated rings. The van der Waals surface area contributed by atoms with E-state index in [9.17, 15) is 4.39 Å². The smallest absolute Gasteiger partial charge is 0.107 e. The Morgan fingerprint density at radius 2 is 2.43 bits per heavy atom. The predicted octanol–water partition coefficient (Wildman–Crippen LogP) is 2.79. The van der Waals surface area contributed by atoms with Gasteiger partial charge in [-0.15, -0.1) is 0 Å². The quantitative estimate of drug-likeness (QED) is 0.837. The van der Waals surface area contributed by atoms with E-state index in [1.807, 2.05) is 23.1 Å². The molecule has 1 aromatic carbocycles. The fraction of sp³-hybridized carbons (Fsp3) is 0.333. The fourth-order valence-corrected chi connectivity index (χ4v) is 2.78. The van der Waals surface area contributed by atoms with E-state index < -0.39 is 0 Å². The van der Waals surface area contributed by atoms with Gasteiger partial charge in [-0.2, -0.15) is 0 Å². The molecule has 76 valence electrons. The van der Waals surface area contributed by atoms with Crippen LogP contribution in [0.2, 0.25) is 0 Å². The highest BCUT2D eigenvalue weighted by Gasteiger charge is 2.16. The van der Waals surface area contributed by atoms with Crippen LogP contribution >= 0.6 is 27.9 Å². The van der Waals surface area contributed by atoms with Crippen LogP contribution in [0.15, 0.2) is 27.6 Å². The first-order valence-corrected chi connectivity index (χ1v) is 5.92. The molecule has 2 nitrogen and oxygen atoms in total. The van der Waals surface area contributed by atoms with E-state index in [4.69, 9.17) is 0 Å². The highest BCUT2D eigenvalue weighted by atomic mass is 79.9. The summed E-state index contributed by atoms with van der Waals surface area (Å²) in [5.74, 6) is 0. The van der Waals surface area contributed by atoms with E-state index >= 15 is 0 Å². The number of fused-ring (bicyclic) bond motifs is 1. The number of nitrogens with zero attached hydrogens (tertiary/aromatic N) is 1. The molecule has 0 radical (unpaired) electrons. The van der Waals surface area contributed by atoms with E-state index in [1.165, 1.54) is 0 Å². The maximum atomic E-state index is 12.3. The number of anilines is 1. The van der Waals surface area contributed by atoms with Crippen molar-refractivity contribution in [3.05, 3.63) is 22.7 Å². The first-order chi connectivity index (χ1) is 6.81. The van der Waals surface area contributed by atoms with Crippen LogP contribution in [0.3, 0.4) is 0 Å². The summed E-state index contributed by atoms with van der Waals surface area (Å²) in [4.78, 5) is 3.14. The van der Waals surface area contributed by atoms with Gasteiger partial charge < -0.3 is 4.90 Å². The number of benzene rings is 1. The van der Waals surface area contributed by atoms with Crippen molar-refractivity contribution in [2.24, 2.45) is 0 Å². The van der Waals surface area contributed by atoms with E-state index in [1.54, 1.807) is 11.9 Å². The summed E-state index contributed by atoms with van der Waals surface area (Å²) in [5.41, 5.74) is 1.11. The van der Waals surface area contributed by atoms with Crippen molar-refractivity contribution in [3.8, 4) is 0 Å². The van der Waals surface area contributed by atoms with Gasteiger partial charge in [-0.1, -0.05) is 15.9 Å². The number of halogens is 2. The van der Waals surface area contributed by atoms with Crippen LogP contribution in [0.25, 0.3) is 0 Å². The number of rotatable bonds is 2. The Bertz CT molecular complexity index is 335. The van der Waals surface area contributed by atoms with Crippen molar-refractivity contribution in [1.29, 1.82) is 0 Å². The lowest BCUT2D eigenvalue weighted by molar-refractivity contribution is 0.488. The third kappa shape index (κ3) is 2.04. The van der Waals surface area contributed by atoms with Crippen LogP contribution in [0.5, 0.6) is 0 Å². The SMILES string of the molecule is FCCN1CNSc2cc(Br)ccc21. The third-order valence-electron chi connectivity index (χ3n) is 2.05. The minimum Gasteiger partial charge on any atom is -0.354 e. The lowest BCUT2D eigenvalue weighted by Crippen LogP contribution is -2.36. The van der Waals surface area contributed by atoms with Gasteiger partial charge >= 0.3 is 0 Å². The third-order valence-corrected chi connectivity index (χ3v) is 3.37. The molecule has 1 aromatic rings. The van der Waals surface area contributed by atoms with Gasteiger partial charge in [0.05, 0.1) is 12.4 Å². The van der Waals surface area contributed by atoms with Crippen molar-refractivity contribution >= 4 is 33.6 Å². The van der Waals surface area contributed by atoms with Crippen molar-refractivity contribution in [2.75, 3.05) is 24.8 Å². The number of alkyl halides is 1. The summed E-state index contributed by atoms with van der Waals surface area (Å²) in [6.07, 6.45) is 0. The van der Waals surface area contributed by atoms with Crippen LogP contribution in [-0.4, -0.2) is 19.9 Å². The summed E-state index contributed by atoms with van der Waals surface area (Å²) >= 11 is 5.00. The Hall–Kier alpha value is -0.260. The highest BCUT2D eigenvalue weighted by Crippen LogP contribution is 2.33. The van der Waals surface area contributed by atoms with E-state index in [-0.39, 0.29) is 6.67 Å². The van der Waals surface area contributed by atoms with Gasteiger partial charge in [0.15, 0.2) is 0 Å². The van der Waals surface area contributed by atoms with Crippen LogP contribution in [0, 0.1) is 0 Å². The largest absolute Gasteiger partial charge is 0.354 e. The Morgan fingerprint density at radius 1 is 1.57 bits per heavy atom. The minimum absolute atomic E-state index is 0.318. The topological polar surface area (TPSA) is 15.3 Å². The van der Waals surface area contributed by atoms with Crippen LogP contribution in [0.1, 0.15) is 0 Å². The minimum atomic E-state index is -0.318. The fourth-order valence-electron chi connectivity index (χ4n) is 1.41. The molecule has 0 bridgehead atoms. The molecule has 14 heavy (non-hydrogen) atoms. The second-order valence-corrected chi connectivity index (χ2v) is 4.82. The van der Waals surface area contributed by atoms with Gasteiger partial charge in [-0.05, 0) is 30.1 Å². The average molecular weight is 277 g/mol. The van der Waals surface area contributed by atoms with Crippen molar-refractivity contribution < 1.29 is 4.39 Å². The second-order valence-electron chi connectivity index (χ2n) is 2.97. The molecule has 2 rings (SSSR count). The monoisotopic (exact) mass is 276 g/mol. The van der Waals surface area contributed by atoms with Crippen molar-refractivity contribution in [1.82, 2.24) is 4.72 Å². The van der Waals surface area contributed by atoms with Gasteiger partial charge in [0.25, 0.3) is 0 Å². The molecule has 1 N–H and O–H groups in total. The molecule has 0 saturated carbocycles. The van der Waals surface area contributed by atoms with Gasteiger partial charge in [0, 0.05) is 15.9 Å². The van der Waals surface area contributed by atoms with Crippen LogP contribution < -0.4 is 9.62 Å². The lowest BCUT2D eigenvalue weighted by Gasteiger charge is -2.30. The molecular formula is C9H10BrFN2S. The normalized spacial score (nSPS) is 15.4. The summed E-state index contributed by atoms with van der Waals surface area (Å²) in [6, 6.07) is 6.04. The molecule has 0 aromatic heterocycles. The number of hydrogen-bond donors (Lipinski definition) is 1. The van der Waals surface area contributed by atoms with Gasteiger partial charge in [0.1, 0.15) is 6.67 Å². The Labute approximate surface area is 95.1 Å². The molecule has 0 amide bonds. The van der Waals surface area contributed by atoms with E-state index in [0.717, 1.165) is 15.1 Å². The summed E-state index contributed by atoms with van der Waals surface area (Å²) < 4.78 is 16.5. The molecule has 0 saturated heterocycles. The number of nitrogens with one attached hydrogen (secondary N) is 1. The summed E-state index contributed by atoms with van der Waals surface area (Å²) in [6.45, 7) is 0.827. The predicted molar refractivity (Wildman–Crippen MR) is 61.3 cm³/mol. The van der Waals surface area contributed by atoms with Crippen molar-refractivity contribution in [2.45, 2.75) is 4.90 Å². The van der Waals surface area contributed by atoms with E-state index in [2.05, 4.69) is 20.7 Å². The standard InChI is InChI=1S/C9H10BrFN2S/c10-7-1-2-8-9(5-7)14-12-6-13(8)4-3-11/h1-2,5,12H,3-4,6H2. The van der Waals surface area contributed by atoms with Gasteiger partial charge in [-0.3, -0.25) is 0 Å². The molecule has 1 aliphatic rings. The number of hydrogen-bond acceptors (Lipinski definition) is 3. The molecule has 5 heteroatoms. The first-order valence-electron chi connectivity index (χ1n) is 4.31. The molecule has 1 heterocycles. The lowest BCUT2D eigenvalue weighted by atomic mass is 10.3. The van der Waals surface area contributed by atoms with Gasteiger partial charge in [-0.25, -0.2) is 9.11 Å². The van der Waals surface area contributed by atoms with Crippen LogP contribution in [0.4, 0.5) is 10.1 Å². The summed E-state index contributed by atoms with van der Waals surface area (Å²) in [7, 11) is 0. The maximum absolute atomic E-state index is 12.3. The highest BCUT2D eigenvalue weighted by molar-refractivity contribution is 9.10. The Morgan fingerprint density at radius 3 is 3.21 bits per heavy atom. The zero-order chi connectivity index (χ0) is 9.97. The summed E-state index contributed by atoms with van der Waals surface area (Å²) in [5, 5.41) is 0. The average Bonchev–Trinajstić information content (AvgIpc) is 2.18. The zero-order valence-corrected chi connectivity index (χ0v) is 9.87. The Kier molecular flexibility index (Phi) is 3.30. The molecule has 0 aliphatic carbocycles. The maximum Gasteiger partial charge on any atom is 0.107 e. The molecule has 0 atom stereocenters. The molecule has 0 spiro atoms. The molecule has 0 unspecified atom stereocenters. The van der Waals surface area contributed by atoms with E-state index in [0.29, 0.717) is 13.2 Å². The van der Waals surface area contributed by atoms with Crippen molar-refractivity contribution in [3.63, 3.8) is 0 Å². The zero-order valence-electron chi connectivity index (χ0n) is 7.46. The van der Waals surface area contributed by atoms with Gasteiger partial charge in [0.2, 0.25) is 0 Å². The first kappa shape index (κ1) is 10.3. The second kappa shape index (κ2) is 4.51. The van der Waals surface area contributed by atoms with Crippen LogP contribution in [-0.2, 0) is 0 Å². The molecule has 1 aliphatic heterocycles. The Balaban J connectivity index is 2.30. The molecular weight excluding hydrogens is 267 g/mol.